The second-order valence-electron chi connectivity index (χ2n) is 17.8. The number of aromatic nitrogens is 4. The van der Waals surface area contributed by atoms with Gasteiger partial charge in [0.05, 0.1) is 30.6 Å². The predicted molar refractivity (Wildman–Crippen MR) is 217 cm³/mol. The zero-order chi connectivity index (χ0) is 41.1. The maximum Gasteiger partial charge on any atom is 0.407 e. The van der Waals surface area contributed by atoms with Crippen molar-refractivity contribution in [3.05, 3.63) is 72.6 Å². The number of H-pyrrole nitrogens is 2. The maximum atomic E-state index is 13.9. The van der Waals surface area contributed by atoms with Crippen molar-refractivity contribution in [2.45, 2.75) is 90.4 Å². The van der Waals surface area contributed by atoms with E-state index < -0.39 is 24.3 Å². The number of rotatable bonds is 11. The Balaban J connectivity index is 0.950. The number of hydrogen-bond donors (Lipinski definition) is 4. The maximum absolute atomic E-state index is 13.9. The molecule has 2 aromatic carbocycles. The number of likely N-dealkylation sites (N-methyl/N-ethyl adjacent to an activating group) is 1. The van der Waals surface area contributed by atoms with Gasteiger partial charge in [0.1, 0.15) is 23.7 Å². The molecule has 4 atom stereocenters. The summed E-state index contributed by atoms with van der Waals surface area (Å²) in [6.07, 6.45) is 8.00. The number of likely N-dealkylation sites (tertiary alicyclic amines) is 2. The first-order valence-corrected chi connectivity index (χ1v) is 20.4. The third-order valence-electron chi connectivity index (χ3n) is 13.0. The number of imidazole rings is 2. The van der Waals surface area contributed by atoms with Gasteiger partial charge in [-0.05, 0) is 72.3 Å². The average molecular weight is 791 g/mol. The fraction of sp³-hybridized carbons (Fsp3) is 0.500. The van der Waals surface area contributed by atoms with Crippen LogP contribution in [0.3, 0.4) is 0 Å². The summed E-state index contributed by atoms with van der Waals surface area (Å²) in [4.78, 5) is 73.3. The van der Waals surface area contributed by atoms with Gasteiger partial charge >= 0.3 is 12.2 Å². The van der Waals surface area contributed by atoms with E-state index in [2.05, 4.69) is 51.7 Å². The van der Waals surface area contributed by atoms with Gasteiger partial charge in [-0.1, -0.05) is 76.2 Å². The Kier molecular flexibility index (Phi) is 10.1. The lowest BCUT2D eigenvalue weighted by molar-refractivity contribution is -0.139. The molecule has 14 heteroatoms. The van der Waals surface area contributed by atoms with Crippen molar-refractivity contribution in [3.8, 4) is 33.6 Å². The van der Waals surface area contributed by atoms with Crippen molar-refractivity contribution in [1.82, 2.24) is 40.0 Å². The number of hydrogen-bond acceptors (Lipinski definition) is 7. The zero-order valence-corrected chi connectivity index (χ0v) is 34.1. The monoisotopic (exact) mass is 790 g/mol. The largest absolute Gasteiger partial charge is 0.465 e. The number of methoxy groups -OCH3 is 1. The number of alkyl carbamates (subject to hydrolysis) is 1. The topological polar surface area (TPSA) is 177 Å². The van der Waals surface area contributed by atoms with Gasteiger partial charge in [-0.25, -0.2) is 19.6 Å². The van der Waals surface area contributed by atoms with Crippen molar-refractivity contribution in [2.24, 2.45) is 22.7 Å². The molecule has 4 aromatic rings. The molecule has 4 N–H and O–H groups in total. The zero-order valence-electron chi connectivity index (χ0n) is 34.1. The van der Waals surface area contributed by atoms with Crippen LogP contribution in [0.5, 0.6) is 0 Å². The molecule has 2 saturated heterocycles. The van der Waals surface area contributed by atoms with E-state index in [1.165, 1.54) is 14.2 Å². The molecular formula is C44H54N8O6. The summed E-state index contributed by atoms with van der Waals surface area (Å²) < 4.78 is 4.81. The van der Waals surface area contributed by atoms with Gasteiger partial charge in [-0.2, -0.15) is 0 Å². The quantitative estimate of drug-likeness (QED) is 0.123. The highest BCUT2D eigenvalue weighted by molar-refractivity contribution is 5.87. The molecule has 2 saturated carbocycles. The van der Waals surface area contributed by atoms with E-state index in [1.54, 1.807) is 0 Å². The van der Waals surface area contributed by atoms with E-state index in [-0.39, 0.29) is 46.6 Å². The highest BCUT2D eigenvalue weighted by Crippen LogP contribution is 2.59. The fourth-order valence-electron chi connectivity index (χ4n) is 9.18. The lowest BCUT2D eigenvalue weighted by Gasteiger charge is -2.33. The summed E-state index contributed by atoms with van der Waals surface area (Å²) >= 11 is 0. The standard InChI is InChI=1S/C44H54N8O6/c1-25(2)35(49-41(55)58-6)39(53)51-23-43(15-16-43)19-33(51)37-45-21-31(47-37)29-11-7-27(8-12-29)28-9-13-30(14-10-28)32-22-46-38(48-32)34-20-44(17-18-44)24-52(34)40(54)36(26(3)4)50(5)42(56)57/h7-14,21-22,25-26,33-36H,15-20,23-24H2,1-6H3,(H,45,47)(H,46,48)(H,49,55)(H,56,57)/t33-,34-,35-,36-/m0/s1. The van der Waals surface area contributed by atoms with Gasteiger partial charge < -0.3 is 34.9 Å². The first kappa shape index (κ1) is 39.2. The molecule has 4 aliphatic rings. The molecule has 14 nitrogen and oxygen atoms in total. The number of carbonyl (C=O) groups is 4. The number of carbonyl (C=O) groups excluding carboxylic acids is 3. The van der Waals surface area contributed by atoms with Crippen molar-refractivity contribution in [1.29, 1.82) is 0 Å². The molecule has 0 radical (unpaired) electrons. The first-order chi connectivity index (χ1) is 27.7. The molecule has 0 bridgehead atoms. The minimum atomic E-state index is -1.11. The molecule has 4 heterocycles. The van der Waals surface area contributed by atoms with E-state index >= 15 is 0 Å². The Morgan fingerprint density at radius 2 is 1.17 bits per heavy atom. The van der Waals surface area contributed by atoms with Crippen LogP contribution in [0.2, 0.25) is 0 Å². The van der Waals surface area contributed by atoms with Gasteiger partial charge in [-0.3, -0.25) is 14.5 Å². The normalized spacial score (nSPS) is 21.1. The Morgan fingerprint density at radius 3 is 1.55 bits per heavy atom. The van der Waals surface area contributed by atoms with E-state index in [9.17, 15) is 24.3 Å². The summed E-state index contributed by atoms with van der Waals surface area (Å²) in [6, 6.07) is 14.6. The summed E-state index contributed by atoms with van der Waals surface area (Å²) in [5, 5.41) is 12.4. The van der Waals surface area contributed by atoms with Crippen LogP contribution >= 0.6 is 0 Å². The second kappa shape index (κ2) is 14.9. The molecule has 4 fully saturated rings. The minimum absolute atomic E-state index is 0.0906. The number of nitrogens with zero attached hydrogens (tertiary/aromatic N) is 5. The van der Waals surface area contributed by atoms with Crippen molar-refractivity contribution in [3.63, 3.8) is 0 Å². The van der Waals surface area contributed by atoms with E-state index in [0.29, 0.717) is 13.1 Å². The molecule has 2 aliphatic carbocycles. The van der Waals surface area contributed by atoms with Crippen LogP contribution in [0.15, 0.2) is 60.9 Å². The number of nitrogens with one attached hydrogen (secondary N) is 3. The van der Waals surface area contributed by atoms with Gasteiger partial charge in [0.2, 0.25) is 11.8 Å². The smallest absolute Gasteiger partial charge is 0.407 e. The molecule has 0 unspecified atom stereocenters. The molecular weight excluding hydrogens is 737 g/mol. The van der Waals surface area contributed by atoms with Crippen LogP contribution in [0, 0.1) is 22.7 Å². The fourth-order valence-corrected chi connectivity index (χ4v) is 9.18. The van der Waals surface area contributed by atoms with Crippen LogP contribution in [-0.4, -0.2) is 103 Å². The van der Waals surface area contributed by atoms with Crippen LogP contribution in [0.1, 0.15) is 90.0 Å². The van der Waals surface area contributed by atoms with Crippen LogP contribution < -0.4 is 5.32 Å². The number of carboxylic acid groups (broad SMARTS) is 1. The highest BCUT2D eigenvalue weighted by Gasteiger charge is 2.56. The summed E-state index contributed by atoms with van der Waals surface area (Å²) in [5.74, 6) is 0.914. The predicted octanol–water partition coefficient (Wildman–Crippen LogP) is 7.26. The van der Waals surface area contributed by atoms with E-state index in [4.69, 9.17) is 14.7 Å². The van der Waals surface area contributed by atoms with Crippen molar-refractivity contribution in [2.75, 3.05) is 27.2 Å². The molecule has 2 aliphatic heterocycles. The highest BCUT2D eigenvalue weighted by atomic mass is 16.5. The SMILES string of the molecule is COC(=O)N[C@H](C(=O)N1CC2(CC2)C[C@H]1c1nc(-c2ccc(-c3ccc(-c4c[nH]c([C@@H]5CC6(CC6)CN5C(=O)[C@H](C(C)C)N(C)C(=O)O)n4)cc3)cc2)c[nH]1)C(C)C. The Labute approximate surface area is 338 Å². The number of aromatic amines is 2. The molecule has 306 valence electrons. The lowest BCUT2D eigenvalue weighted by Crippen LogP contribution is -2.51. The second-order valence-corrected chi connectivity index (χ2v) is 17.8. The third-order valence-corrected chi connectivity index (χ3v) is 13.0. The molecule has 2 spiro atoms. The van der Waals surface area contributed by atoms with E-state index in [0.717, 1.165) is 88.7 Å². The molecule has 8 rings (SSSR count). The third kappa shape index (κ3) is 7.44. The Hall–Kier alpha value is -5.66. The summed E-state index contributed by atoms with van der Waals surface area (Å²) in [5.41, 5.74) is 5.80. The van der Waals surface area contributed by atoms with Crippen molar-refractivity contribution >= 4 is 24.0 Å². The van der Waals surface area contributed by atoms with Crippen molar-refractivity contribution < 1.29 is 29.0 Å². The molecule has 58 heavy (non-hydrogen) atoms. The minimum Gasteiger partial charge on any atom is -0.465 e. The van der Waals surface area contributed by atoms with Crippen LogP contribution in [-0.2, 0) is 14.3 Å². The Morgan fingerprint density at radius 1 is 0.741 bits per heavy atom. The van der Waals surface area contributed by atoms with Gasteiger partial charge in [0.15, 0.2) is 0 Å². The van der Waals surface area contributed by atoms with Gasteiger partial charge in [0, 0.05) is 43.7 Å². The van der Waals surface area contributed by atoms with Crippen LogP contribution in [0.25, 0.3) is 33.6 Å². The number of amides is 4. The van der Waals surface area contributed by atoms with Gasteiger partial charge in [0.25, 0.3) is 0 Å². The Bertz CT molecular complexity index is 2180. The first-order valence-electron chi connectivity index (χ1n) is 20.4. The number of benzene rings is 2. The van der Waals surface area contributed by atoms with E-state index in [1.807, 2.05) is 62.0 Å². The number of ether oxygens (including phenoxy) is 1. The average Bonchev–Trinajstić information content (AvgIpc) is 3.78. The van der Waals surface area contributed by atoms with Crippen LogP contribution in [0.4, 0.5) is 9.59 Å². The lowest BCUT2D eigenvalue weighted by atomic mass is 10.0. The summed E-state index contributed by atoms with van der Waals surface area (Å²) in [7, 11) is 2.77. The molecule has 2 aromatic heterocycles. The van der Waals surface area contributed by atoms with Gasteiger partial charge in [-0.15, -0.1) is 0 Å². The molecule has 4 amide bonds. The summed E-state index contributed by atoms with van der Waals surface area (Å²) in [6.45, 7) is 8.88.